The Balaban J connectivity index is 2.23. The van der Waals surface area contributed by atoms with Crippen molar-refractivity contribution in [3.05, 3.63) is 66.2 Å². The molecule has 0 bridgehead atoms. The van der Waals surface area contributed by atoms with Gasteiger partial charge in [0.15, 0.2) is 0 Å². The molecule has 0 N–H and O–H groups in total. The topological polar surface area (TPSA) is 0 Å². The van der Waals surface area contributed by atoms with E-state index in [2.05, 4.69) is 73.7 Å². The van der Waals surface area contributed by atoms with Gasteiger partial charge in [0, 0.05) is 0 Å². The first-order valence-corrected chi connectivity index (χ1v) is 7.21. The normalized spacial score (nSPS) is 12.2. The van der Waals surface area contributed by atoms with Crippen LogP contribution < -0.4 is 0 Å². The van der Waals surface area contributed by atoms with Crippen LogP contribution in [0, 0.1) is 0 Å². The number of hydrogen-bond donors (Lipinski definition) is 0. The third-order valence-electron chi connectivity index (χ3n) is 4.10. The smallest absolute Gasteiger partial charge is 0.00208 e. The van der Waals surface area contributed by atoms with Crippen LogP contribution >= 0.6 is 0 Å². The van der Waals surface area contributed by atoms with Gasteiger partial charge in [-0.3, -0.25) is 0 Å². The number of hydrogen-bond acceptors (Lipinski definition) is 0. The van der Waals surface area contributed by atoms with E-state index in [9.17, 15) is 0 Å². The zero-order valence-electron chi connectivity index (χ0n) is 11.6. The van der Waals surface area contributed by atoms with Crippen molar-refractivity contribution in [2.75, 3.05) is 0 Å². The molecule has 0 fully saturated rings. The van der Waals surface area contributed by atoms with Crippen molar-refractivity contribution in [1.29, 1.82) is 0 Å². The van der Waals surface area contributed by atoms with E-state index in [0.29, 0.717) is 0 Å². The molecule has 0 heteroatoms. The Kier molecular flexibility index (Phi) is 2.50. The fourth-order valence-corrected chi connectivity index (χ4v) is 3.15. The summed E-state index contributed by atoms with van der Waals surface area (Å²) in [5, 5.41) is 8.15. The molecular weight excluding hydrogens is 240 g/mol. The molecule has 0 aliphatic heterocycles. The molecule has 0 aliphatic rings. The van der Waals surface area contributed by atoms with Crippen LogP contribution in [0.3, 0.4) is 0 Å². The molecule has 4 rings (SSSR count). The highest BCUT2D eigenvalue weighted by molar-refractivity contribution is 6.24. The first-order valence-electron chi connectivity index (χ1n) is 7.21. The summed E-state index contributed by atoms with van der Waals surface area (Å²) in [6.07, 6.45) is 5.54. The van der Waals surface area contributed by atoms with E-state index in [0.717, 1.165) is 6.42 Å². The molecule has 0 saturated heterocycles. The van der Waals surface area contributed by atoms with Gasteiger partial charge in [0.25, 0.3) is 0 Å². The van der Waals surface area contributed by atoms with Gasteiger partial charge in [0.1, 0.15) is 0 Å². The third kappa shape index (κ3) is 1.55. The number of benzene rings is 4. The van der Waals surface area contributed by atoms with Crippen molar-refractivity contribution in [2.45, 2.75) is 13.3 Å². The molecule has 20 heavy (non-hydrogen) atoms. The lowest BCUT2D eigenvalue weighted by atomic mass is 9.92. The van der Waals surface area contributed by atoms with Gasteiger partial charge in [0.2, 0.25) is 0 Å². The van der Waals surface area contributed by atoms with Crippen LogP contribution in [0.1, 0.15) is 18.9 Å². The van der Waals surface area contributed by atoms with Gasteiger partial charge >= 0.3 is 0 Å². The summed E-state index contributed by atoms with van der Waals surface area (Å²) in [4.78, 5) is 0. The first-order chi connectivity index (χ1) is 9.88. The molecule has 0 amide bonds. The summed E-state index contributed by atoms with van der Waals surface area (Å²) in [5.41, 5.74) is 1.32. The maximum absolute atomic E-state index is 2.26. The molecule has 0 radical (unpaired) electrons. The minimum atomic E-state index is 1.07. The summed E-state index contributed by atoms with van der Waals surface area (Å²) in [6, 6.07) is 20.0. The van der Waals surface area contributed by atoms with Crippen molar-refractivity contribution in [3.8, 4) is 0 Å². The molecule has 0 aromatic heterocycles. The predicted octanol–water partition coefficient (Wildman–Crippen LogP) is 6.01. The van der Waals surface area contributed by atoms with Crippen LogP contribution in [-0.2, 0) is 0 Å². The van der Waals surface area contributed by atoms with Crippen LogP contribution in [-0.4, -0.2) is 0 Å². The Morgan fingerprint density at radius 1 is 0.750 bits per heavy atom. The fraction of sp³-hybridized carbons (Fsp3) is 0.100. The predicted molar refractivity (Wildman–Crippen MR) is 89.5 cm³/mol. The van der Waals surface area contributed by atoms with E-state index in [-0.39, 0.29) is 0 Å². The highest BCUT2D eigenvalue weighted by Gasteiger charge is 2.08. The van der Waals surface area contributed by atoms with Crippen molar-refractivity contribution in [2.24, 2.45) is 0 Å². The van der Waals surface area contributed by atoms with Crippen LogP contribution in [0.4, 0.5) is 0 Å². The van der Waals surface area contributed by atoms with Crippen LogP contribution in [0.25, 0.3) is 38.4 Å². The summed E-state index contributed by atoms with van der Waals surface area (Å²) in [6.45, 7) is 2.17. The summed E-state index contributed by atoms with van der Waals surface area (Å²) >= 11 is 0. The average molecular weight is 256 g/mol. The minimum absolute atomic E-state index is 1.07. The van der Waals surface area contributed by atoms with Crippen molar-refractivity contribution in [1.82, 2.24) is 0 Å². The summed E-state index contributed by atoms with van der Waals surface area (Å²) in [5.74, 6) is 0. The summed E-state index contributed by atoms with van der Waals surface area (Å²) < 4.78 is 0. The van der Waals surface area contributed by atoms with E-state index in [4.69, 9.17) is 0 Å². The first kappa shape index (κ1) is 11.5. The van der Waals surface area contributed by atoms with E-state index >= 15 is 0 Å². The van der Waals surface area contributed by atoms with Crippen LogP contribution in [0.2, 0.25) is 0 Å². The zero-order valence-corrected chi connectivity index (χ0v) is 11.6. The van der Waals surface area contributed by atoms with Gasteiger partial charge in [-0.1, -0.05) is 73.7 Å². The Hall–Kier alpha value is -2.34. The van der Waals surface area contributed by atoms with Crippen molar-refractivity contribution < 1.29 is 0 Å². The Bertz CT molecular complexity index is 913. The molecule has 0 nitrogen and oxygen atoms in total. The fourth-order valence-electron chi connectivity index (χ4n) is 3.15. The molecule has 0 unspecified atom stereocenters. The second-order valence-corrected chi connectivity index (χ2v) is 5.32. The lowest BCUT2D eigenvalue weighted by Gasteiger charge is -2.12. The second kappa shape index (κ2) is 4.35. The third-order valence-corrected chi connectivity index (χ3v) is 4.10. The van der Waals surface area contributed by atoms with E-state index in [1.54, 1.807) is 0 Å². The van der Waals surface area contributed by atoms with Crippen LogP contribution in [0.15, 0.2) is 60.7 Å². The maximum atomic E-state index is 2.26. The van der Waals surface area contributed by atoms with Gasteiger partial charge in [-0.2, -0.15) is 0 Å². The lowest BCUT2D eigenvalue weighted by Crippen LogP contribution is -1.85. The molecule has 0 atom stereocenters. The molecule has 96 valence electrons. The van der Waals surface area contributed by atoms with Gasteiger partial charge in [0.05, 0.1) is 0 Å². The maximum Gasteiger partial charge on any atom is -0.00208 e. The molecule has 4 aromatic rings. The van der Waals surface area contributed by atoms with Gasteiger partial charge in [-0.05, 0) is 44.3 Å². The Morgan fingerprint density at radius 2 is 1.40 bits per heavy atom. The Morgan fingerprint density at radius 3 is 2.15 bits per heavy atom. The van der Waals surface area contributed by atoms with Gasteiger partial charge in [-0.25, -0.2) is 0 Å². The molecule has 0 spiro atoms. The molecular formula is C20H16. The van der Waals surface area contributed by atoms with Gasteiger partial charge < -0.3 is 0 Å². The number of rotatable bonds is 2. The molecule has 0 saturated carbocycles. The zero-order chi connectivity index (χ0) is 13.5. The highest BCUT2D eigenvalue weighted by atomic mass is 14.1. The van der Waals surface area contributed by atoms with Gasteiger partial charge in [-0.15, -0.1) is 0 Å². The SMILES string of the molecule is CC/C=C/c1ccc2ccc3cccc4ccc1c2c34. The van der Waals surface area contributed by atoms with E-state index in [1.165, 1.54) is 37.9 Å². The Labute approximate surface area is 118 Å². The van der Waals surface area contributed by atoms with Crippen molar-refractivity contribution in [3.63, 3.8) is 0 Å². The molecule has 0 aliphatic carbocycles. The standard InChI is InChI=1S/C20H16/c1-2-3-5-14-8-9-17-11-10-15-6-4-7-16-12-13-18(14)20(17)19(15)16/h3-13H,2H2,1H3/b5-3+. The van der Waals surface area contributed by atoms with E-state index in [1.807, 2.05) is 0 Å². The van der Waals surface area contributed by atoms with E-state index < -0.39 is 0 Å². The second-order valence-electron chi connectivity index (χ2n) is 5.32. The van der Waals surface area contributed by atoms with Crippen LogP contribution in [0.5, 0.6) is 0 Å². The molecule has 0 heterocycles. The monoisotopic (exact) mass is 256 g/mol. The molecule has 4 aromatic carbocycles. The minimum Gasteiger partial charge on any atom is -0.0842 e. The quantitative estimate of drug-likeness (QED) is 0.385. The lowest BCUT2D eigenvalue weighted by molar-refractivity contribution is 1.23. The highest BCUT2D eigenvalue weighted by Crippen LogP contribution is 2.36. The summed E-state index contributed by atoms with van der Waals surface area (Å²) in [7, 11) is 0. The average Bonchev–Trinajstić information content (AvgIpc) is 2.51. The van der Waals surface area contributed by atoms with Crippen molar-refractivity contribution >= 4 is 38.4 Å². The number of allylic oxidation sites excluding steroid dienone is 1. The largest absolute Gasteiger partial charge is 0.0842 e.